The van der Waals surface area contributed by atoms with Crippen molar-refractivity contribution in [3.8, 4) is 0 Å². The lowest BCUT2D eigenvalue weighted by Crippen LogP contribution is -2.31. The molecule has 0 aliphatic heterocycles. The van der Waals surface area contributed by atoms with E-state index in [1.54, 1.807) is 12.1 Å². The molecule has 0 heterocycles. The summed E-state index contributed by atoms with van der Waals surface area (Å²) in [5.74, 6) is -0.300. The molecule has 0 aliphatic rings. The summed E-state index contributed by atoms with van der Waals surface area (Å²) in [5.41, 5.74) is 4.37. The summed E-state index contributed by atoms with van der Waals surface area (Å²) >= 11 is 0. The molecule has 2 rings (SSSR count). The van der Waals surface area contributed by atoms with Crippen molar-refractivity contribution in [2.75, 3.05) is 18.4 Å². The van der Waals surface area contributed by atoms with Gasteiger partial charge in [-0.05, 0) is 61.2 Å². The fourth-order valence-corrected chi connectivity index (χ4v) is 2.09. The summed E-state index contributed by atoms with van der Waals surface area (Å²) in [6, 6.07) is 12.3. The minimum atomic E-state index is -0.245. The van der Waals surface area contributed by atoms with E-state index in [2.05, 4.69) is 17.6 Å². The van der Waals surface area contributed by atoms with Gasteiger partial charge in [0.25, 0.3) is 0 Å². The zero-order valence-electron chi connectivity index (χ0n) is 12.9. The molecule has 0 unspecified atom stereocenters. The van der Waals surface area contributed by atoms with E-state index in [1.165, 1.54) is 23.3 Å². The van der Waals surface area contributed by atoms with Crippen LogP contribution in [0.4, 0.5) is 10.1 Å². The van der Waals surface area contributed by atoms with Gasteiger partial charge in [-0.3, -0.25) is 4.79 Å². The Kier molecular flexibility index (Phi) is 5.53. The van der Waals surface area contributed by atoms with Crippen LogP contribution in [0.15, 0.2) is 42.5 Å². The SMILES string of the molecule is Cc1ccc(NCC(=O)NCCc2ccc(F)cc2)cc1C. The van der Waals surface area contributed by atoms with Gasteiger partial charge in [-0.25, -0.2) is 4.39 Å². The summed E-state index contributed by atoms with van der Waals surface area (Å²) in [5, 5.41) is 5.95. The Hall–Kier alpha value is -2.36. The molecule has 2 N–H and O–H groups in total. The van der Waals surface area contributed by atoms with Crippen LogP contribution in [-0.4, -0.2) is 19.0 Å². The van der Waals surface area contributed by atoms with Gasteiger partial charge in [0.15, 0.2) is 0 Å². The standard InChI is InChI=1S/C18H21FN2O/c1-13-3-8-17(11-14(13)2)21-12-18(22)20-10-9-15-4-6-16(19)7-5-15/h3-8,11,21H,9-10,12H2,1-2H3,(H,20,22). The highest BCUT2D eigenvalue weighted by Gasteiger charge is 2.02. The summed E-state index contributed by atoms with van der Waals surface area (Å²) in [7, 11) is 0. The largest absolute Gasteiger partial charge is 0.376 e. The van der Waals surface area contributed by atoms with E-state index in [0.29, 0.717) is 13.0 Å². The molecule has 0 aliphatic carbocycles. The average molecular weight is 300 g/mol. The summed E-state index contributed by atoms with van der Waals surface area (Å²) in [4.78, 5) is 11.8. The van der Waals surface area contributed by atoms with Crippen molar-refractivity contribution >= 4 is 11.6 Å². The molecule has 0 saturated carbocycles. The van der Waals surface area contributed by atoms with Crippen LogP contribution in [0.3, 0.4) is 0 Å². The lowest BCUT2D eigenvalue weighted by Gasteiger charge is -2.09. The molecule has 0 radical (unpaired) electrons. The van der Waals surface area contributed by atoms with Crippen LogP contribution in [0.1, 0.15) is 16.7 Å². The number of carbonyl (C=O) groups excluding carboxylic acids is 1. The third-order valence-electron chi connectivity index (χ3n) is 3.61. The zero-order chi connectivity index (χ0) is 15.9. The van der Waals surface area contributed by atoms with Gasteiger partial charge in [0.05, 0.1) is 6.54 Å². The molecule has 3 nitrogen and oxygen atoms in total. The second-order valence-corrected chi connectivity index (χ2v) is 5.38. The fraction of sp³-hybridized carbons (Fsp3) is 0.278. The molecule has 0 bridgehead atoms. The third-order valence-corrected chi connectivity index (χ3v) is 3.61. The Balaban J connectivity index is 1.71. The Morgan fingerprint density at radius 3 is 2.45 bits per heavy atom. The van der Waals surface area contributed by atoms with Crippen LogP contribution in [-0.2, 0) is 11.2 Å². The summed E-state index contributed by atoms with van der Waals surface area (Å²) in [6.07, 6.45) is 0.690. The van der Waals surface area contributed by atoms with E-state index in [4.69, 9.17) is 0 Å². The molecule has 0 fully saturated rings. The smallest absolute Gasteiger partial charge is 0.239 e. The number of aryl methyl sites for hydroxylation is 2. The lowest BCUT2D eigenvalue weighted by atomic mass is 10.1. The molecule has 0 spiro atoms. The number of hydrogen-bond acceptors (Lipinski definition) is 2. The molecule has 1 amide bonds. The molecule has 0 aromatic heterocycles. The quantitative estimate of drug-likeness (QED) is 0.860. The molecule has 4 heteroatoms. The third kappa shape index (κ3) is 4.88. The Morgan fingerprint density at radius 2 is 1.77 bits per heavy atom. The number of benzene rings is 2. The highest BCUT2D eigenvalue weighted by molar-refractivity contribution is 5.80. The number of halogens is 1. The normalized spacial score (nSPS) is 10.3. The highest BCUT2D eigenvalue weighted by Crippen LogP contribution is 2.13. The topological polar surface area (TPSA) is 41.1 Å². The van der Waals surface area contributed by atoms with Crippen LogP contribution in [0, 0.1) is 19.7 Å². The van der Waals surface area contributed by atoms with Crippen molar-refractivity contribution in [3.05, 3.63) is 65.0 Å². The predicted octanol–water partition coefficient (Wildman–Crippen LogP) is 3.21. The molecule has 0 saturated heterocycles. The van der Waals surface area contributed by atoms with Crippen LogP contribution in [0.2, 0.25) is 0 Å². The first-order valence-electron chi connectivity index (χ1n) is 7.37. The summed E-state index contributed by atoms with van der Waals surface area (Å²) < 4.78 is 12.8. The van der Waals surface area contributed by atoms with Gasteiger partial charge in [0.2, 0.25) is 5.91 Å². The first kappa shape index (κ1) is 16.0. The van der Waals surface area contributed by atoms with Crippen LogP contribution >= 0.6 is 0 Å². The van der Waals surface area contributed by atoms with Gasteiger partial charge < -0.3 is 10.6 Å². The van der Waals surface area contributed by atoms with Crippen molar-refractivity contribution in [2.45, 2.75) is 20.3 Å². The second kappa shape index (κ2) is 7.59. The van der Waals surface area contributed by atoms with E-state index < -0.39 is 0 Å². The second-order valence-electron chi connectivity index (χ2n) is 5.38. The summed E-state index contributed by atoms with van der Waals surface area (Å²) in [6.45, 7) is 4.88. The van der Waals surface area contributed by atoms with Gasteiger partial charge in [0, 0.05) is 12.2 Å². The van der Waals surface area contributed by atoms with E-state index in [1.807, 2.05) is 25.1 Å². The molecule has 116 valence electrons. The van der Waals surface area contributed by atoms with Crippen molar-refractivity contribution in [3.63, 3.8) is 0 Å². The Bertz CT molecular complexity index is 638. The number of carbonyl (C=O) groups is 1. The van der Waals surface area contributed by atoms with Crippen LogP contribution < -0.4 is 10.6 Å². The van der Waals surface area contributed by atoms with Crippen molar-refractivity contribution in [1.29, 1.82) is 0 Å². The first-order valence-corrected chi connectivity index (χ1v) is 7.37. The van der Waals surface area contributed by atoms with E-state index >= 15 is 0 Å². The van der Waals surface area contributed by atoms with E-state index in [-0.39, 0.29) is 18.3 Å². The van der Waals surface area contributed by atoms with Gasteiger partial charge in [-0.1, -0.05) is 18.2 Å². The van der Waals surface area contributed by atoms with Gasteiger partial charge in [-0.2, -0.15) is 0 Å². The Labute approximate surface area is 130 Å². The van der Waals surface area contributed by atoms with Crippen molar-refractivity contribution in [1.82, 2.24) is 5.32 Å². The number of rotatable bonds is 6. The maximum absolute atomic E-state index is 12.8. The molecular weight excluding hydrogens is 279 g/mol. The molecule has 2 aromatic rings. The molecule has 0 atom stereocenters. The van der Waals surface area contributed by atoms with Crippen molar-refractivity contribution < 1.29 is 9.18 Å². The fourth-order valence-electron chi connectivity index (χ4n) is 2.09. The number of anilines is 1. The molecule has 2 aromatic carbocycles. The predicted molar refractivity (Wildman–Crippen MR) is 87.5 cm³/mol. The molecular formula is C18H21FN2O. The average Bonchev–Trinajstić information content (AvgIpc) is 2.50. The Morgan fingerprint density at radius 1 is 1.05 bits per heavy atom. The van der Waals surface area contributed by atoms with E-state index in [0.717, 1.165) is 11.3 Å². The minimum absolute atomic E-state index is 0.0552. The maximum Gasteiger partial charge on any atom is 0.239 e. The lowest BCUT2D eigenvalue weighted by molar-refractivity contribution is -0.119. The minimum Gasteiger partial charge on any atom is -0.376 e. The number of amides is 1. The van der Waals surface area contributed by atoms with Crippen LogP contribution in [0.5, 0.6) is 0 Å². The number of nitrogens with one attached hydrogen (secondary N) is 2. The van der Waals surface area contributed by atoms with Crippen molar-refractivity contribution in [2.24, 2.45) is 0 Å². The number of hydrogen-bond donors (Lipinski definition) is 2. The zero-order valence-corrected chi connectivity index (χ0v) is 12.9. The first-order chi connectivity index (χ1) is 10.5. The monoisotopic (exact) mass is 300 g/mol. The van der Waals surface area contributed by atoms with Gasteiger partial charge >= 0.3 is 0 Å². The highest BCUT2D eigenvalue weighted by atomic mass is 19.1. The van der Waals surface area contributed by atoms with Gasteiger partial charge in [-0.15, -0.1) is 0 Å². The van der Waals surface area contributed by atoms with Crippen LogP contribution in [0.25, 0.3) is 0 Å². The van der Waals surface area contributed by atoms with E-state index in [9.17, 15) is 9.18 Å². The molecule has 22 heavy (non-hydrogen) atoms. The maximum atomic E-state index is 12.8. The van der Waals surface area contributed by atoms with Gasteiger partial charge in [0.1, 0.15) is 5.82 Å².